The van der Waals surface area contributed by atoms with Gasteiger partial charge in [0, 0.05) is 0 Å². The normalized spacial score (nSPS) is 15.1. The third kappa shape index (κ3) is 3.80. The SMILES string of the molecule is O=C1C(c2ccccc2)C(=O)N(Cc2ccccc2)C(=O)N1Cc1ccccc1. The Morgan fingerprint density at radius 2 is 0.931 bits per heavy atom. The van der Waals surface area contributed by atoms with Gasteiger partial charge in [-0.25, -0.2) is 4.79 Å². The molecule has 5 heteroatoms. The molecule has 1 aliphatic rings. The lowest BCUT2D eigenvalue weighted by molar-refractivity contribution is -0.146. The third-order valence-corrected chi connectivity index (χ3v) is 4.99. The van der Waals surface area contributed by atoms with Gasteiger partial charge in [-0.3, -0.25) is 19.4 Å². The number of benzene rings is 3. The highest BCUT2D eigenvalue weighted by atomic mass is 16.2. The molecule has 5 nitrogen and oxygen atoms in total. The van der Waals surface area contributed by atoms with E-state index >= 15 is 0 Å². The van der Waals surface area contributed by atoms with Crippen molar-refractivity contribution in [1.29, 1.82) is 0 Å². The Balaban J connectivity index is 1.71. The average Bonchev–Trinajstić information content (AvgIpc) is 2.77. The van der Waals surface area contributed by atoms with Crippen LogP contribution in [0.5, 0.6) is 0 Å². The highest BCUT2D eigenvalue weighted by Crippen LogP contribution is 2.29. The minimum absolute atomic E-state index is 0.125. The molecule has 0 aliphatic carbocycles. The molecule has 0 N–H and O–H groups in total. The molecule has 3 aromatic carbocycles. The number of imide groups is 2. The van der Waals surface area contributed by atoms with Crippen LogP contribution in [0.3, 0.4) is 0 Å². The molecular formula is C24H20N2O3. The Labute approximate surface area is 169 Å². The number of urea groups is 1. The average molecular weight is 384 g/mol. The van der Waals surface area contributed by atoms with Gasteiger partial charge in [-0.05, 0) is 16.7 Å². The Kier molecular flexibility index (Phi) is 5.20. The summed E-state index contributed by atoms with van der Waals surface area (Å²) in [5.41, 5.74) is 2.25. The summed E-state index contributed by atoms with van der Waals surface area (Å²) in [7, 11) is 0. The molecule has 1 saturated heterocycles. The lowest BCUT2D eigenvalue weighted by Crippen LogP contribution is -2.57. The highest BCUT2D eigenvalue weighted by molar-refractivity contribution is 6.19. The molecule has 0 radical (unpaired) electrons. The van der Waals surface area contributed by atoms with Crippen molar-refractivity contribution < 1.29 is 14.4 Å². The molecule has 4 amide bonds. The fourth-order valence-corrected chi connectivity index (χ4v) is 3.51. The smallest absolute Gasteiger partial charge is 0.273 e. The van der Waals surface area contributed by atoms with Crippen molar-refractivity contribution in [2.45, 2.75) is 19.0 Å². The third-order valence-electron chi connectivity index (χ3n) is 4.99. The number of rotatable bonds is 5. The molecule has 0 bridgehead atoms. The Morgan fingerprint density at radius 1 is 0.552 bits per heavy atom. The molecule has 0 saturated carbocycles. The van der Waals surface area contributed by atoms with Crippen LogP contribution < -0.4 is 0 Å². The summed E-state index contributed by atoms with van der Waals surface area (Å²) in [5, 5.41) is 0. The fraction of sp³-hybridized carbons (Fsp3) is 0.125. The molecule has 29 heavy (non-hydrogen) atoms. The van der Waals surface area contributed by atoms with Gasteiger partial charge in [-0.2, -0.15) is 0 Å². The van der Waals surface area contributed by atoms with Crippen LogP contribution in [0, 0.1) is 0 Å². The van der Waals surface area contributed by atoms with E-state index in [9.17, 15) is 14.4 Å². The van der Waals surface area contributed by atoms with Crippen LogP contribution in [-0.2, 0) is 22.7 Å². The molecule has 3 aromatic rings. The summed E-state index contributed by atoms with van der Waals surface area (Å²) in [4.78, 5) is 41.9. The second-order valence-corrected chi connectivity index (χ2v) is 6.95. The van der Waals surface area contributed by atoms with Crippen molar-refractivity contribution in [3.63, 3.8) is 0 Å². The van der Waals surface area contributed by atoms with Crippen molar-refractivity contribution in [1.82, 2.24) is 9.80 Å². The van der Waals surface area contributed by atoms with E-state index < -0.39 is 23.8 Å². The molecule has 4 rings (SSSR count). The van der Waals surface area contributed by atoms with Gasteiger partial charge < -0.3 is 0 Å². The number of nitrogens with zero attached hydrogens (tertiary/aromatic N) is 2. The quantitative estimate of drug-likeness (QED) is 0.626. The lowest BCUT2D eigenvalue weighted by Gasteiger charge is -2.37. The van der Waals surface area contributed by atoms with E-state index in [0.717, 1.165) is 11.1 Å². The first-order valence-corrected chi connectivity index (χ1v) is 9.44. The van der Waals surface area contributed by atoms with Crippen LogP contribution >= 0.6 is 0 Å². The van der Waals surface area contributed by atoms with Gasteiger partial charge in [0.15, 0.2) is 0 Å². The number of carbonyl (C=O) groups excluding carboxylic acids is 3. The minimum Gasteiger partial charge on any atom is -0.273 e. The first kappa shape index (κ1) is 18.6. The Hall–Kier alpha value is -3.73. The van der Waals surface area contributed by atoms with Gasteiger partial charge in [0.1, 0.15) is 5.92 Å². The highest BCUT2D eigenvalue weighted by Gasteiger charge is 2.46. The fourth-order valence-electron chi connectivity index (χ4n) is 3.51. The second-order valence-electron chi connectivity index (χ2n) is 6.95. The van der Waals surface area contributed by atoms with Crippen molar-refractivity contribution in [2.75, 3.05) is 0 Å². The van der Waals surface area contributed by atoms with E-state index in [1.54, 1.807) is 24.3 Å². The standard InChI is InChI=1S/C24H20N2O3/c27-22-21(20-14-8-3-9-15-20)23(28)26(17-19-12-6-2-7-13-19)24(29)25(22)16-18-10-4-1-5-11-18/h1-15,21H,16-17H2. The van der Waals surface area contributed by atoms with Crippen LogP contribution in [0.1, 0.15) is 22.6 Å². The first-order valence-electron chi connectivity index (χ1n) is 9.44. The summed E-state index contributed by atoms with van der Waals surface area (Å²) in [6.07, 6.45) is 0. The van der Waals surface area contributed by atoms with Gasteiger partial charge in [0.05, 0.1) is 13.1 Å². The van der Waals surface area contributed by atoms with E-state index in [2.05, 4.69) is 0 Å². The monoisotopic (exact) mass is 384 g/mol. The summed E-state index contributed by atoms with van der Waals surface area (Å²) in [6, 6.07) is 26.9. The van der Waals surface area contributed by atoms with Crippen LogP contribution in [0.4, 0.5) is 4.79 Å². The molecule has 144 valence electrons. The van der Waals surface area contributed by atoms with Crippen LogP contribution in [0.25, 0.3) is 0 Å². The number of carbonyl (C=O) groups is 3. The number of hydrogen-bond acceptors (Lipinski definition) is 3. The Bertz CT molecular complexity index is 956. The van der Waals surface area contributed by atoms with E-state index in [1.165, 1.54) is 9.80 Å². The van der Waals surface area contributed by atoms with Crippen LogP contribution in [0.15, 0.2) is 91.0 Å². The first-order chi connectivity index (χ1) is 14.1. The van der Waals surface area contributed by atoms with E-state index in [0.29, 0.717) is 5.56 Å². The summed E-state index contributed by atoms with van der Waals surface area (Å²) < 4.78 is 0. The van der Waals surface area contributed by atoms with E-state index in [4.69, 9.17) is 0 Å². The van der Waals surface area contributed by atoms with Gasteiger partial charge in [0.2, 0.25) is 11.8 Å². The molecule has 0 aromatic heterocycles. The van der Waals surface area contributed by atoms with Crippen molar-refractivity contribution in [2.24, 2.45) is 0 Å². The maximum Gasteiger partial charge on any atom is 0.334 e. The zero-order chi connectivity index (χ0) is 20.2. The van der Waals surface area contributed by atoms with E-state index in [-0.39, 0.29) is 13.1 Å². The van der Waals surface area contributed by atoms with Crippen molar-refractivity contribution in [3.05, 3.63) is 108 Å². The predicted octanol–water partition coefficient (Wildman–Crippen LogP) is 3.96. The number of hydrogen-bond donors (Lipinski definition) is 0. The van der Waals surface area contributed by atoms with Gasteiger partial charge in [-0.1, -0.05) is 91.0 Å². The van der Waals surface area contributed by atoms with Crippen molar-refractivity contribution >= 4 is 17.8 Å². The van der Waals surface area contributed by atoms with Gasteiger partial charge in [0.25, 0.3) is 0 Å². The maximum atomic E-state index is 13.2. The molecule has 1 heterocycles. The summed E-state index contributed by atoms with van der Waals surface area (Å²) >= 11 is 0. The summed E-state index contributed by atoms with van der Waals surface area (Å²) in [6.45, 7) is 0.251. The topological polar surface area (TPSA) is 57.7 Å². The zero-order valence-electron chi connectivity index (χ0n) is 15.8. The Morgan fingerprint density at radius 3 is 1.34 bits per heavy atom. The van der Waals surface area contributed by atoms with Crippen molar-refractivity contribution in [3.8, 4) is 0 Å². The number of barbiturate groups is 1. The lowest BCUT2D eigenvalue weighted by atomic mass is 9.93. The zero-order valence-corrected chi connectivity index (χ0v) is 15.8. The molecule has 0 spiro atoms. The molecule has 1 fully saturated rings. The maximum absolute atomic E-state index is 13.2. The predicted molar refractivity (Wildman–Crippen MR) is 109 cm³/mol. The minimum atomic E-state index is -1.03. The van der Waals surface area contributed by atoms with Crippen LogP contribution in [0.2, 0.25) is 0 Å². The molecular weight excluding hydrogens is 364 g/mol. The second kappa shape index (κ2) is 8.10. The van der Waals surface area contributed by atoms with E-state index in [1.807, 2.05) is 66.7 Å². The largest absolute Gasteiger partial charge is 0.334 e. The molecule has 0 unspecified atom stereocenters. The van der Waals surface area contributed by atoms with Gasteiger partial charge >= 0.3 is 6.03 Å². The summed E-state index contributed by atoms with van der Waals surface area (Å²) in [5.74, 6) is -2.00. The number of amides is 4. The van der Waals surface area contributed by atoms with Gasteiger partial charge in [-0.15, -0.1) is 0 Å². The molecule has 1 aliphatic heterocycles. The molecule has 0 atom stereocenters. The van der Waals surface area contributed by atoms with Crippen LogP contribution in [-0.4, -0.2) is 27.6 Å².